The fourth-order valence-electron chi connectivity index (χ4n) is 2.44. The molecule has 0 amide bonds. The summed E-state index contributed by atoms with van der Waals surface area (Å²) in [6.45, 7) is 7.86. The molecule has 2 rings (SSSR count). The Bertz CT molecular complexity index is 392. The summed E-state index contributed by atoms with van der Waals surface area (Å²) in [4.78, 5) is 3.87. The molecule has 2 N–H and O–H groups in total. The highest BCUT2D eigenvalue weighted by Crippen LogP contribution is 2.43. The molecule has 2 heterocycles. The van der Waals surface area contributed by atoms with Crippen molar-refractivity contribution in [1.82, 2.24) is 4.90 Å². The minimum atomic E-state index is 0.168. The average Bonchev–Trinajstić information content (AvgIpc) is 2.70. The monoisotopic (exact) mass is 380 g/mol. The van der Waals surface area contributed by atoms with Crippen LogP contribution < -0.4 is 5.73 Å². The molecule has 1 aliphatic rings. The summed E-state index contributed by atoms with van der Waals surface area (Å²) in [6.07, 6.45) is 1.08. The van der Waals surface area contributed by atoms with Crippen LogP contribution in [0, 0.1) is 0 Å². The maximum Gasteiger partial charge on any atom is 0.0843 e. The second-order valence-electron chi connectivity index (χ2n) is 5.53. The van der Waals surface area contributed by atoms with Crippen LogP contribution in [-0.4, -0.2) is 23.0 Å². The topological polar surface area (TPSA) is 29.3 Å². The highest BCUT2D eigenvalue weighted by molar-refractivity contribution is 9.13. The van der Waals surface area contributed by atoms with E-state index in [4.69, 9.17) is 5.73 Å². The summed E-state index contributed by atoms with van der Waals surface area (Å²) in [7, 11) is 0. The van der Waals surface area contributed by atoms with Crippen LogP contribution in [0.3, 0.4) is 0 Å². The Morgan fingerprint density at radius 1 is 1.41 bits per heavy atom. The Morgan fingerprint density at radius 2 is 2.06 bits per heavy atom. The number of nitrogens with two attached hydrogens (primary N) is 1. The van der Waals surface area contributed by atoms with Gasteiger partial charge in [0.2, 0.25) is 0 Å². The summed E-state index contributed by atoms with van der Waals surface area (Å²) in [5, 5.41) is 0. The van der Waals surface area contributed by atoms with Gasteiger partial charge in [-0.1, -0.05) is 0 Å². The van der Waals surface area contributed by atoms with E-state index in [1.54, 1.807) is 11.3 Å². The van der Waals surface area contributed by atoms with Crippen molar-refractivity contribution in [2.75, 3.05) is 6.54 Å². The van der Waals surface area contributed by atoms with Crippen LogP contribution in [0.5, 0.6) is 0 Å². The number of likely N-dealkylation sites (tertiary alicyclic amines) is 1. The molecule has 0 aromatic carbocycles. The second kappa shape index (κ2) is 4.93. The molecular weight excluding hydrogens is 364 g/mol. The number of hydrogen-bond acceptors (Lipinski definition) is 3. The quantitative estimate of drug-likeness (QED) is 0.791. The predicted octanol–water partition coefficient (Wildman–Crippen LogP) is 4.15. The van der Waals surface area contributed by atoms with Crippen molar-refractivity contribution in [3.05, 3.63) is 19.2 Å². The predicted molar refractivity (Wildman–Crippen MR) is 81.5 cm³/mol. The maximum absolute atomic E-state index is 6.29. The zero-order chi connectivity index (χ0) is 12.8. The SMILES string of the molecule is CC(C)(C)N1CCC(N)C1c1cc(Br)c(Br)s1. The first kappa shape index (κ1) is 14.0. The Balaban J connectivity index is 2.34. The number of hydrogen-bond donors (Lipinski definition) is 1. The van der Waals surface area contributed by atoms with E-state index in [1.165, 1.54) is 4.88 Å². The molecule has 1 aromatic heterocycles. The Kier molecular flexibility index (Phi) is 4.06. The van der Waals surface area contributed by atoms with Gasteiger partial charge in [-0.2, -0.15) is 0 Å². The molecule has 1 aliphatic heterocycles. The highest BCUT2D eigenvalue weighted by atomic mass is 79.9. The average molecular weight is 382 g/mol. The lowest BCUT2D eigenvalue weighted by Gasteiger charge is -2.37. The van der Waals surface area contributed by atoms with Gasteiger partial charge in [-0.25, -0.2) is 0 Å². The van der Waals surface area contributed by atoms with E-state index in [-0.39, 0.29) is 11.6 Å². The van der Waals surface area contributed by atoms with Crippen LogP contribution >= 0.6 is 43.2 Å². The normalized spacial score (nSPS) is 26.7. The van der Waals surface area contributed by atoms with Crippen LogP contribution in [0.25, 0.3) is 0 Å². The van der Waals surface area contributed by atoms with Crippen LogP contribution in [-0.2, 0) is 0 Å². The van der Waals surface area contributed by atoms with Gasteiger partial charge in [-0.15, -0.1) is 11.3 Å². The van der Waals surface area contributed by atoms with Crippen LogP contribution in [0.15, 0.2) is 14.3 Å². The Morgan fingerprint density at radius 3 is 2.53 bits per heavy atom. The molecule has 2 unspecified atom stereocenters. The third kappa shape index (κ3) is 2.78. The van der Waals surface area contributed by atoms with Gasteiger partial charge in [0.05, 0.1) is 9.83 Å². The fourth-order valence-corrected chi connectivity index (χ4v) is 4.72. The van der Waals surface area contributed by atoms with Gasteiger partial charge in [-0.05, 0) is 65.1 Å². The molecule has 0 saturated carbocycles. The molecule has 0 spiro atoms. The number of rotatable bonds is 1. The van der Waals surface area contributed by atoms with E-state index in [9.17, 15) is 0 Å². The van der Waals surface area contributed by atoms with E-state index in [0.29, 0.717) is 6.04 Å². The first-order valence-electron chi connectivity index (χ1n) is 5.78. The van der Waals surface area contributed by atoms with E-state index < -0.39 is 0 Å². The molecule has 5 heteroatoms. The van der Waals surface area contributed by atoms with Crippen molar-refractivity contribution >= 4 is 43.2 Å². The summed E-state index contributed by atoms with van der Waals surface area (Å²) in [5.41, 5.74) is 6.46. The molecule has 96 valence electrons. The third-order valence-corrected chi connectivity index (χ3v) is 6.59. The van der Waals surface area contributed by atoms with Crippen molar-refractivity contribution in [1.29, 1.82) is 0 Å². The molecule has 1 aromatic rings. The molecule has 1 fully saturated rings. The van der Waals surface area contributed by atoms with Gasteiger partial charge in [0.15, 0.2) is 0 Å². The van der Waals surface area contributed by atoms with Gasteiger partial charge in [0.25, 0.3) is 0 Å². The van der Waals surface area contributed by atoms with Crippen LogP contribution in [0.4, 0.5) is 0 Å². The lowest BCUT2D eigenvalue weighted by molar-refractivity contribution is 0.119. The van der Waals surface area contributed by atoms with Crippen LogP contribution in [0.2, 0.25) is 0 Å². The third-order valence-electron chi connectivity index (χ3n) is 3.26. The van der Waals surface area contributed by atoms with Gasteiger partial charge < -0.3 is 5.73 Å². The molecule has 2 atom stereocenters. The van der Waals surface area contributed by atoms with Crippen molar-refractivity contribution in [3.8, 4) is 0 Å². The largest absolute Gasteiger partial charge is 0.326 e. The number of halogens is 2. The number of nitrogens with zero attached hydrogens (tertiary/aromatic N) is 1. The molecule has 2 nitrogen and oxygen atoms in total. The van der Waals surface area contributed by atoms with Crippen molar-refractivity contribution in [3.63, 3.8) is 0 Å². The maximum atomic E-state index is 6.29. The van der Waals surface area contributed by atoms with E-state index >= 15 is 0 Å². The Labute approximate surface area is 124 Å². The van der Waals surface area contributed by atoms with Gasteiger partial charge in [0, 0.05) is 27.5 Å². The lowest BCUT2D eigenvalue weighted by Crippen LogP contribution is -2.43. The molecule has 17 heavy (non-hydrogen) atoms. The molecule has 1 saturated heterocycles. The fraction of sp³-hybridized carbons (Fsp3) is 0.667. The van der Waals surface area contributed by atoms with Crippen molar-refractivity contribution < 1.29 is 0 Å². The summed E-state index contributed by atoms with van der Waals surface area (Å²) >= 11 is 8.91. The zero-order valence-corrected chi connectivity index (χ0v) is 14.3. The van der Waals surface area contributed by atoms with Crippen molar-refractivity contribution in [2.24, 2.45) is 5.73 Å². The van der Waals surface area contributed by atoms with Gasteiger partial charge >= 0.3 is 0 Å². The Hall–Kier alpha value is 0.580. The van der Waals surface area contributed by atoms with Crippen LogP contribution in [0.1, 0.15) is 38.1 Å². The molecular formula is C12H18Br2N2S. The van der Waals surface area contributed by atoms with E-state index in [2.05, 4.69) is 63.6 Å². The highest BCUT2D eigenvalue weighted by Gasteiger charge is 2.39. The minimum Gasteiger partial charge on any atom is -0.326 e. The van der Waals surface area contributed by atoms with E-state index in [0.717, 1.165) is 21.2 Å². The smallest absolute Gasteiger partial charge is 0.0843 e. The minimum absolute atomic E-state index is 0.168. The standard InChI is InChI=1S/C12H18Br2N2S/c1-12(2,3)16-5-4-8(15)10(16)9-6-7(13)11(14)17-9/h6,8,10H,4-5,15H2,1-3H3. The molecule has 0 aliphatic carbocycles. The van der Waals surface area contributed by atoms with Gasteiger partial charge in [-0.3, -0.25) is 4.90 Å². The van der Waals surface area contributed by atoms with Crippen molar-refractivity contribution in [2.45, 2.75) is 44.8 Å². The summed E-state index contributed by atoms with van der Waals surface area (Å²) < 4.78 is 2.28. The summed E-state index contributed by atoms with van der Waals surface area (Å²) in [6, 6.07) is 2.79. The molecule has 0 bridgehead atoms. The first-order chi connectivity index (χ1) is 7.80. The molecule has 0 radical (unpaired) electrons. The zero-order valence-electron chi connectivity index (χ0n) is 10.3. The van der Waals surface area contributed by atoms with Gasteiger partial charge in [0.1, 0.15) is 0 Å². The second-order valence-corrected chi connectivity index (χ2v) is 8.79. The number of thiophene rings is 1. The lowest BCUT2D eigenvalue weighted by atomic mass is 10.0. The first-order valence-corrected chi connectivity index (χ1v) is 8.18. The van der Waals surface area contributed by atoms with E-state index in [1.807, 2.05) is 0 Å². The summed E-state index contributed by atoms with van der Waals surface area (Å²) in [5.74, 6) is 0.